The van der Waals surface area contributed by atoms with Gasteiger partial charge in [-0.3, -0.25) is 0 Å². The Morgan fingerprint density at radius 3 is 0.964 bits per heavy atom. The van der Waals surface area contributed by atoms with E-state index in [1.165, 1.54) is 22.3 Å². The minimum Gasteiger partial charge on any atom is -0.507 e. The first-order chi connectivity index (χ1) is 25.8. The SMILES string of the molecule is COCCOc1c(-c2cc(C)cc(-c3cc(C(C)(C)C)cc(C(C)(C)C)c3)c2O)cc(C)cc1-c1cc(C)cc(-c2cc(C(C)(C)C)cc(C(C)(C)C)c2)c1O. The molecule has 0 amide bonds. The molecule has 0 unspecified atom stereocenters. The third-order valence-electron chi connectivity index (χ3n) is 10.8. The molecular formula is C52H66O4. The van der Waals surface area contributed by atoms with Crippen LogP contribution in [-0.2, 0) is 26.4 Å². The van der Waals surface area contributed by atoms with E-state index in [9.17, 15) is 10.2 Å². The maximum Gasteiger partial charge on any atom is 0.135 e. The molecule has 0 atom stereocenters. The zero-order valence-electron chi connectivity index (χ0n) is 37.1. The van der Waals surface area contributed by atoms with Crippen molar-refractivity contribution >= 4 is 0 Å². The van der Waals surface area contributed by atoms with Gasteiger partial charge in [-0.15, -0.1) is 0 Å². The van der Waals surface area contributed by atoms with E-state index in [1.807, 2.05) is 12.1 Å². The third kappa shape index (κ3) is 9.18. The maximum atomic E-state index is 12.4. The van der Waals surface area contributed by atoms with Gasteiger partial charge >= 0.3 is 0 Å². The molecule has 0 aliphatic carbocycles. The molecule has 0 radical (unpaired) electrons. The van der Waals surface area contributed by atoms with Gasteiger partial charge in [0, 0.05) is 40.5 Å². The van der Waals surface area contributed by atoms with E-state index in [0.717, 1.165) is 50.1 Å². The second kappa shape index (κ2) is 15.4. The van der Waals surface area contributed by atoms with E-state index in [-0.39, 0.29) is 33.2 Å². The summed E-state index contributed by atoms with van der Waals surface area (Å²) in [5.74, 6) is 0.971. The monoisotopic (exact) mass is 754 g/mol. The molecule has 0 fully saturated rings. The summed E-state index contributed by atoms with van der Waals surface area (Å²) < 4.78 is 12.1. The summed E-state index contributed by atoms with van der Waals surface area (Å²) in [5.41, 5.74) is 14.0. The Morgan fingerprint density at radius 2 is 0.679 bits per heavy atom. The van der Waals surface area contributed by atoms with Crippen molar-refractivity contribution in [2.24, 2.45) is 0 Å². The van der Waals surface area contributed by atoms with Gasteiger partial charge in [0.2, 0.25) is 0 Å². The highest BCUT2D eigenvalue weighted by Gasteiger charge is 2.27. The Kier molecular flexibility index (Phi) is 11.7. The van der Waals surface area contributed by atoms with Crippen LogP contribution in [0.2, 0.25) is 0 Å². The predicted octanol–water partition coefficient (Wildman–Crippen LogP) is 13.9. The molecule has 0 spiro atoms. The number of rotatable bonds is 8. The van der Waals surface area contributed by atoms with Crippen molar-refractivity contribution < 1.29 is 19.7 Å². The first kappa shape index (κ1) is 42.6. The molecule has 0 saturated carbocycles. The fourth-order valence-corrected chi connectivity index (χ4v) is 7.26. The summed E-state index contributed by atoms with van der Waals surface area (Å²) >= 11 is 0. The van der Waals surface area contributed by atoms with Crippen LogP contribution in [0.15, 0.2) is 72.8 Å². The molecule has 298 valence electrons. The number of phenolic OH excluding ortho intramolecular Hbond substituents is 2. The number of benzene rings is 5. The summed E-state index contributed by atoms with van der Waals surface area (Å²) in [7, 11) is 1.66. The second-order valence-corrected chi connectivity index (χ2v) is 20.0. The largest absolute Gasteiger partial charge is 0.507 e. The molecule has 4 nitrogen and oxygen atoms in total. The van der Waals surface area contributed by atoms with Crippen LogP contribution in [0.5, 0.6) is 17.2 Å². The second-order valence-electron chi connectivity index (χ2n) is 20.0. The van der Waals surface area contributed by atoms with Gasteiger partial charge in [-0.2, -0.15) is 0 Å². The molecule has 56 heavy (non-hydrogen) atoms. The van der Waals surface area contributed by atoms with Crippen molar-refractivity contribution in [2.75, 3.05) is 20.3 Å². The lowest BCUT2D eigenvalue weighted by Crippen LogP contribution is -2.16. The Morgan fingerprint density at radius 1 is 0.393 bits per heavy atom. The number of aromatic hydroxyl groups is 2. The normalized spacial score (nSPS) is 12.6. The molecule has 0 aliphatic heterocycles. The molecule has 0 bridgehead atoms. The minimum absolute atomic E-state index is 0.0802. The quantitative estimate of drug-likeness (QED) is 0.155. The van der Waals surface area contributed by atoms with Crippen LogP contribution in [0.1, 0.15) is 122 Å². The first-order valence-corrected chi connectivity index (χ1v) is 20.1. The lowest BCUT2D eigenvalue weighted by atomic mass is 9.78. The summed E-state index contributed by atoms with van der Waals surface area (Å²) in [6.45, 7) is 33.6. The lowest BCUT2D eigenvalue weighted by Gasteiger charge is -2.27. The Bertz CT molecular complexity index is 2030. The van der Waals surface area contributed by atoms with Gasteiger partial charge in [0.1, 0.15) is 23.9 Å². The van der Waals surface area contributed by atoms with Crippen molar-refractivity contribution in [3.8, 4) is 61.8 Å². The number of hydrogen-bond donors (Lipinski definition) is 2. The standard InChI is InChI=1S/C52H66O4/c1-31-19-40(34-25-36(49(4,5)6)29-37(26-34)50(7,8)9)46(53)42(21-31)44-23-33(3)24-45(48(44)56-18-17-55-16)43-22-32(2)20-41(47(43)54)35-27-38(51(10,11)12)30-39(28-35)52(13,14)15/h19-30,53-54H,17-18H2,1-16H3. The van der Waals surface area contributed by atoms with Gasteiger partial charge in [-0.25, -0.2) is 0 Å². The van der Waals surface area contributed by atoms with Crippen LogP contribution in [0.25, 0.3) is 44.5 Å². The van der Waals surface area contributed by atoms with Crippen LogP contribution in [0.4, 0.5) is 0 Å². The van der Waals surface area contributed by atoms with Crippen LogP contribution in [0.3, 0.4) is 0 Å². The number of aryl methyl sites for hydroxylation is 3. The van der Waals surface area contributed by atoms with Crippen LogP contribution in [-0.4, -0.2) is 30.5 Å². The molecule has 4 heteroatoms. The molecule has 5 aromatic rings. The summed E-state index contributed by atoms with van der Waals surface area (Å²) in [5, 5.41) is 24.8. The van der Waals surface area contributed by atoms with Gasteiger partial charge in [0.05, 0.1) is 6.61 Å². The Hall–Kier alpha value is -4.54. The molecule has 0 aliphatic rings. The third-order valence-corrected chi connectivity index (χ3v) is 10.8. The van der Waals surface area contributed by atoms with Crippen molar-refractivity contribution in [2.45, 2.75) is 126 Å². The average Bonchev–Trinajstić information content (AvgIpc) is 3.08. The Labute approximate surface area is 338 Å². The van der Waals surface area contributed by atoms with Crippen LogP contribution in [0, 0.1) is 20.8 Å². The van der Waals surface area contributed by atoms with Gasteiger partial charge in [0.15, 0.2) is 0 Å². The van der Waals surface area contributed by atoms with Gasteiger partial charge in [-0.1, -0.05) is 119 Å². The van der Waals surface area contributed by atoms with Gasteiger partial charge < -0.3 is 19.7 Å². The first-order valence-electron chi connectivity index (χ1n) is 20.1. The Balaban J connectivity index is 1.82. The van der Waals surface area contributed by atoms with E-state index in [0.29, 0.717) is 30.1 Å². The smallest absolute Gasteiger partial charge is 0.135 e. The minimum atomic E-state index is -0.0802. The molecule has 0 heterocycles. The van der Waals surface area contributed by atoms with Crippen molar-refractivity contribution in [1.82, 2.24) is 0 Å². The number of ether oxygens (including phenoxy) is 2. The summed E-state index contributed by atoms with van der Waals surface area (Å²) in [6.07, 6.45) is 0. The maximum absolute atomic E-state index is 12.4. The zero-order chi connectivity index (χ0) is 41.7. The highest BCUT2D eigenvalue weighted by Crippen LogP contribution is 2.50. The van der Waals surface area contributed by atoms with E-state index >= 15 is 0 Å². The van der Waals surface area contributed by atoms with Crippen molar-refractivity contribution in [1.29, 1.82) is 0 Å². The van der Waals surface area contributed by atoms with E-state index in [2.05, 4.69) is 165 Å². The number of methoxy groups -OCH3 is 1. The molecule has 0 saturated heterocycles. The van der Waals surface area contributed by atoms with E-state index in [4.69, 9.17) is 9.47 Å². The van der Waals surface area contributed by atoms with E-state index in [1.54, 1.807) is 7.11 Å². The molecular weight excluding hydrogens is 689 g/mol. The van der Waals surface area contributed by atoms with E-state index < -0.39 is 0 Å². The molecule has 5 aromatic carbocycles. The predicted molar refractivity (Wildman–Crippen MR) is 238 cm³/mol. The summed E-state index contributed by atoms with van der Waals surface area (Å²) in [6, 6.07) is 25.9. The number of phenols is 2. The average molecular weight is 755 g/mol. The zero-order valence-corrected chi connectivity index (χ0v) is 37.1. The van der Waals surface area contributed by atoms with Crippen molar-refractivity contribution in [3.05, 3.63) is 112 Å². The van der Waals surface area contributed by atoms with Gasteiger partial charge in [0.25, 0.3) is 0 Å². The fraction of sp³-hybridized carbons (Fsp3) is 0.423. The molecule has 0 aromatic heterocycles. The van der Waals surface area contributed by atoms with Gasteiger partial charge in [-0.05, 0) is 129 Å². The topological polar surface area (TPSA) is 58.9 Å². The highest BCUT2D eigenvalue weighted by atomic mass is 16.5. The van der Waals surface area contributed by atoms with Crippen LogP contribution >= 0.6 is 0 Å². The van der Waals surface area contributed by atoms with Crippen molar-refractivity contribution in [3.63, 3.8) is 0 Å². The fourth-order valence-electron chi connectivity index (χ4n) is 7.26. The number of hydrogen-bond acceptors (Lipinski definition) is 4. The highest BCUT2D eigenvalue weighted by molar-refractivity contribution is 5.93. The van der Waals surface area contributed by atoms with Crippen LogP contribution < -0.4 is 4.74 Å². The summed E-state index contributed by atoms with van der Waals surface area (Å²) in [4.78, 5) is 0. The molecule has 5 rings (SSSR count). The molecule has 2 N–H and O–H groups in total. The lowest BCUT2D eigenvalue weighted by molar-refractivity contribution is 0.147.